The van der Waals surface area contributed by atoms with Gasteiger partial charge in [0, 0.05) is 0 Å². The highest BCUT2D eigenvalue weighted by atomic mass is 15.1. The van der Waals surface area contributed by atoms with E-state index in [0.717, 1.165) is 0 Å². The number of hydrogen-bond acceptors (Lipinski definition) is 3. The number of nitrogens with one attached hydrogen (secondary N) is 1. The summed E-state index contributed by atoms with van der Waals surface area (Å²) in [7, 11) is 0. The number of rotatable bonds is 1. The van der Waals surface area contributed by atoms with E-state index in [1.807, 2.05) is 12.1 Å². The summed E-state index contributed by atoms with van der Waals surface area (Å²) < 4.78 is 0. The fraction of sp³-hybridized carbons (Fsp3) is 0.167. The van der Waals surface area contributed by atoms with E-state index >= 15 is 0 Å². The summed E-state index contributed by atoms with van der Waals surface area (Å²) in [5.41, 5.74) is 1.00. The third kappa shape index (κ3) is 1.12. The minimum atomic E-state index is 0.272. The van der Waals surface area contributed by atoms with Crippen molar-refractivity contribution in [1.82, 2.24) is 10.2 Å². The van der Waals surface area contributed by atoms with Gasteiger partial charge in [-0.2, -0.15) is 15.6 Å². The Labute approximate surface area is 57.7 Å². The molecule has 1 heterocycles. The van der Waals surface area contributed by atoms with Crippen LogP contribution in [0.25, 0.3) is 0 Å². The Bertz CT molecular complexity index is 298. The van der Waals surface area contributed by atoms with E-state index in [-0.39, 0.29) is 6.42 Å². The van der Waals surface area contributed by atoms with Crippen molar-refractivity contribution < 1.29 is 0 Å². The Morgan fingerprint density at radius 1 is 1.60 bits per heavy atom. The van der Waals surface area contributed by atoms with Crippen molar-refractivity contribution in [3.63, 3.8) is 0 Å². The first-order chi connectivity index (χ1) is 4.86. The maximum atomic E-state index is 8.30. The molecule has 0 aliphatic heterocycles. The lowest BCUT2D eigenvalue weighted by Crippen LogP contribution is -1.78. The van der Waals surface area contributed by atoms with E-state index < -0.39 is 0 Å². The molecule has 4 heteroatoms. The van der Waals surface area contributed by atoms with E-state index in [9.17, 15) is 0 Å². The van der Waals surface area contributed by atoms with Crippen molar-refractivity contribution in [3.8, 4) is 12.1 Å². The van der Waals surface area contributed by atoms with Crippen molar-refractivity contribution >= 4 is 0 Å². The first-order valence-electron chi connectivity index (χ1n) is 2.68. The zero-order valence-electron chi connectivity index (χ0n) is 5.13. The van der Waals surface area contributed by atoms with Crippen molar-refractivity contribution in [2.24, 2.45) is 0 Å². The molecule has 0 radical (unpaired) electrons. The number of hydrogen-bond donors (Lipinski definition) is 1. The lowest BCUT2D eigenvalue weighted by atomic mass is 10.3. The third-order valence-corrected chi connectivity index (χ3v) is 1.01. The largest absolute Gasteiger partial charge is 0.280 e. The topological polar surface area (TPSA) is 76.3 Å². The van der Waals surface area contributed by atoms with Crippen LogP contribution in [-0.4, -0.2) is 10.2 Å². The highest BCUT2D eigenvalue weighted by Gasteiger charge is 1.96. The molecule has 0 bridgehead atoms. The van der Waals surface area contributed by atoms with Crippen LogP contribution < -0.4 is 0 Å². The number of H-pyrrole nitrogens is 1. The second-order valence-electron chi connectivity index (χ2n) is 1.73. The fourth-order valence-electron chi connectivity index (χ4n) is 0.595. The fourth-order valence-corrected chi connectivity index (χ4v) is 0.595. The molecule has 10 heavy (non-hydrogen) atoms. The van der Waals surface area contributed by atoms with Gasteiger partial charge in [-0.05, 0) is 6.07 Å². The Balaban J connectivity index is 2.83. The predicted molar refractivity (Wildman–Crippen MR) is 32.6 cm³/mol. The van der Waals surface area contributed by atoms with Gasteiger partial charge < -0.3 is 0 Å². The molecular weight excluding hydrogens is 128 g/mol. The van der Waals surface area contributed by atoms with Gasteiger partial charge in [0.2, 0.25) is 0 Å². The van der Waals surface area contributed by atoms with Crippen LogP contribution >= 0.6 is 0 Å². The molecule has 0 aliphatic rings. The van der Waals surface area contributed by atoms with Crippen LogP contribution in [-0.2, 0) is 6.42 Å². The Morgan fingerprint density at radius 2 is 2.40 bits per heavy atom. The van der Waals surface area contributed by atoms with E-state index in [1.54, 1.807) is 6.07 Å². The molecule has 0 amide bonds. The molecule has 4 nitrogen and oxygen atoms in total. The highest BCUT2D eigenvalue weighted by molar-refractivity contribution is 5.22. The molecule has 48 valence electrons. The zero-order valence-corrected chi connectivity index (χ0v) is 5.13. The van der Waals surface area contributed by atoms with Crippen LogP contribution in [0.15, 0.2) is 6.07 Å². The first kappa shape index (κ1) is 6.31. The molecule has 0 fully saturated rings. The lowest BCUT2D eigenvalue weighted by Gasteiger charge is -1.77. The lowest BCUT2D eigenvalue weighted by molar-refractivity contribution is 1.01. The molecule has 0 saturated carbocycles. The van der Waals surface area contributed by atoms with E-state index in [4.69, 9.17) is 10.5 Å². The van der Waals surface area contributed by atoms with Crippen LogP contribution in [0.5, 0.6) is 0 Å². The monoisotopic (exact) mass is 132 g/mol. The molecule has 0 aliphatic carbocycles. The Morgan fingerprint density at radius 3 is 2.90 bits per heavy atom. The molecular formula is C6H4N4. The van der Waals surface area contributed by atoms with Gasteiger partial charge in [-0.15, -0.1) is 0 Å². The Hall–Kier alpha value is -1.81. The van der Waals surface area contributed by atoms with Gasteiger partial charge in [-0.1, -0.05) is 0 Å². The van der Waals surface area contributed by atoms with Crippen molar-refractivity contribution in [1.29, 1.82) is 10.5 Å². The number of aromatic amines is 1. The molecule has 1 rings (SSSR count). The first-order valence-corrected chi connectivity index (χ1v) is 2.68. The summed E-state index contributed by atoms with van der Waals surface area (Å²) in [6, 6.07) is 5.35. The van der Waals surface area contributed by atoms with Crippen molar-refractivity contribution in [3.05, 3.63) is 17.5 Å². The minimum absolute atomic E-state index is 0.272. The maximum Gasteiger partial charge on any atom is 0.162 e. The molecule has 1 aromatic heterocycles. The van der Waals surface area contributed by atoms with Crippen molar-refractivity contribution in [2.45, 2.75) is 6.42 Å². The van der Waals surface area contributed by atoms with Crippen LogP contribution in [0, 0.1) is 22.7 Å². The minimum Gasteiger partial charge on any atom is -0.280 e. The maximum absolute atomic E-state index is 8.30. The van der Waals surface area contributed by atoms with Crippen molar-refractivity contribution in [2.75, 3.05) is 0 Å². The van der Waals surface area contributed by atoms with Gasteiger partial charge in [-0.25, -0.2) is 0 Å². The standard InChI is InChI=1S/C6H4N4/c7-2-1-5-3-6(4-8)10-9-5/h3H,1H2,(H,9,10). The molecule has 0 atom stereocenters. The summed E-state index contributed by atoms with van der Waals surface area (Å²) in [5.74, 6) is 0. The summed E-state index contributed by atoms with van der Waals surface area (Å²) >= 11 is 0. The summed E-state index contributed by atoms with van der Waals surface area (Å²) in [6.07, 6.45) is 0.272. The van der Waals surface area contributed by atoms with Crippen LogP contribution in [0.4, 0.5) is 0 Å². The van der Waals surface area contributed by atoms with Gasteiger partial charge in [0.1, 0.15) is 6.07 Å². The highest BCUT2D eigenvalue weighted by Crippen LogP contribution is 1.96. The van der Waals surface area contributed by atoms with E-state index in [1.165, 1.54) is 0 Å². The second kappa shape index (κ2) is 2.65. The van der Waals surface area contributed by atoms with Gasteiger partial charge in [0.05, 0.1) is 18.2 Å². The SMILES string of the molecule is N#CCc1cc(C#N)n[nH]1. The van der Waals surface area contributed by atoms with Crippen LogP contribution in [0.2, 0.25) is 0 Å². The molecule has 0 spiro atoms. The molecule has 0 aromatic carbocycles. The van der Waals surface area contributed by atoms with Gasteiger partial charge in [0.15, 0.2) is 5.69 Å². The molecule has 1 N–H and O–H groups in total. The predicted octanol–water partition coefficient (Wildman–Crippen LogP) is 0.347. The Kier molecular flexibility index (Phi) is 1.67. The zero-order chi connectivity index (χ0) is 7.40. The molecule has 0 unspecified atom stereocenters. The van der Waals surface area contributed by atoms with E-state index in [2.05, 4.69) is 10.2 Å². The van der Waals surface area contributed by atoms with Gasteiger partial charge in [0.25, 0.3) is 0 Å². The average Bonchev–Trinajstić information content (AvgIpc) is 2.37. The number of nitriles is 2. The van der Waals surface area contributed by atoms with Gasteiger partial charge >= 0.3 is 0 Å². The van der Waals surface area contributed by atoms with Crippen LogP contribution in [0.3, 0.4) is 0 Å². The summed E-state index contributed by atoms with van der Waals surface area (Å²) in [6.45, 7) is 0. The third-order valence-electron chi connectivity index (χ3n) is 1.01. The molecule has 1 aromatic rings. The number of nitrogens with zero attached hydrogens (tertiary/aromatic N) is 3. The number of aromatic nitrogens is 2. The normalized spacial score (nSPS) is 8.20. The summed E-state index contributed by atoms with van der Waals surface area (Å²) in [5, 5.41) is 22.7. The molecule has 0 saturated heterocycles. The van der Waals surface area contributed by atoms with Crippen LogP contribution in [0.1, 0.15) is 11.4 Å². The smallest absolute Gasteiger partial charge is 0.162 e. The quantitative estimate of drug-likeness (QED) is 0.598. The van der Waals surface area contributed by atoms with E-state index in [0.29, 0.717) is 11.4 Å². The second-order valence-corrected chi connectivity index (χ2v) is 1.73. The van der Waals surface area contributed by atoms with Gasteiger partial charge in [-0.3, -0.25) is 5.10 Å². The average molecular weight is 132 g/mol. The summed E-state index contributed by atoms with van der Waals surface area (Å²) in [4.78, 5) is 0.